The summed E-state index contributed by atoms with van der Waals surface area (Å²) >= 11 is 0. The fourth-order valence-corrected chi connectivity index (χ4v) is 3.31. The zero-order valence-electron chi connectivity index (χ0n) is 17.3. The van der Waals surface area contributed by atoms with E-state index in [4.69, 9.17) is 0 Å². The van der Waals surface area contributed by atoms with Gasteiger partial charge in [-0.3, -0.25) is 0 Å². The van der Waals surface area contributed by atoms with Crippen LogP contribution < -0.4 is 0 Å². The molecule has 0 amide bonds. The molecule has 4 nitrogen and oxygen atoms in total. The van der Waals surface area contributed by atoms with Crippen LogP contribution in [0.4, 0.5) is 0 Å². The maximum absolute atomic E-state index is 11.7. The summed E-state index contributed by atoms with van der Waals surface area (Å²) in [4.78, 5) is 11.7. The Morgan fingerprint density at radius 1 is 0.923 bits per heavy atom. The van der Waals surface area contributed by atoms with Gasteiger partial charge < -0.3 is 14.9 Å². The number of allylic oxidation sites excluding steroid dienone is 1. The van der Waals surface area contributed by atoms with Crippen molar-refractivity contribution in [3.05, 3.63) is 12.2 Å². The van der Waals surface area contributed by atoms with Gasteiger partial charge in [-0.2, -0.15) is 0 Å². The van der Waals surface area contributed by atoms with Gasteiger partial charge in [0.1, 0.15) is 0 Å². The lowest BCUT2D eigenvalue weighted by Crippen LogP contribution is -2.48. The predicted molar refractivity (Wildman–Crippen MR) is 108 cm³/mol. The van der Waals surface area contributed by atoms with Gasteiger partial charge in [-0.25, -0.2) is 4.79 Å². The molecule has 0 unspecified atom stereocenters. The van der Waals surface area contributed by atoms with Crippen LogP contribution in [-0.2, 0) is 9.53 Å². The van der Waals surface area contributed by atoms with Crippen LogP contribution >= 0.6 is 0 Å². The average molecular weight is 371 g/mol. The molecule has 0 bridgehead atoms. The molecule has 0 radical (unpaired) electrons. The Kier molecular flexibility index (Phi) is 15.8. The minimum absolute atomic E-state index is 0.397. The molecule has 0 saturated heterocycles. The standard InChI is InChI=1S/C22H42O4/c1-4-6-7-8-9-10-11-12-13-14-15-16-17-18-20(23)22(25,19-5-2)21(24)26-3/h5,19-20,23,25H,4,6-18H2,1-3H3/b19-5+/t20-,22-/m0/s1. The van der Waals surface area contributed by atoms with Crippen LogP contribution in [0.15, 0.2) is 12.2 Å². The first kappa shape index (κ1) is 25.1. The van der Waals surface area contributed by atoms with Crippen LogP contribution in [0.3, 0.4) is 0 Å². The van der Waals surface area contributed by atoms with Gasteiger partial charge in [0.25, 0.3) is 0 Å². The van der Waals surface area contributed by atoms with Crippen molar-refractivity contribution in [2.75, 3.05) is 7.11 Å². The van der Waals surface area contributed by atoms with E-state index in [9.17, 15) is 15.0 Å². The monoisotopic (exact) mass is 370 g/mol. The second-order valence-corrected chi connectivity index (χ2v) is 7.36. The summed E-state index contributed by atoms with van der Waals surface area (Å²) in [6, 6.07) is 0. The van der Waals surface area contributed by atoms with Crippen LogP contribution in [-0.4, -0.2) is 35.0 Å². The molecule has 0 aliphatic rings. The van der Waals surface area contributed by atoms with Crippen LogP contribution in [0.5, 0.6) is 0 Å². The van der Waals surface area contributed by atoms with Crippen LogP contribution in [0.25, 0.3) is 0 Å². The Morgan fingerprint density at radius 3 is 1.73 bits per heavy atom. The number of carbonyl (C=O) groups is 1. The van der Waals surface area contributed by atoms with Gasteiger partial charge in [-0.05, 0) is 19.4 Å². The zero-order valence-corrected chi connectivity index (χ0v) is 17.3. The van der Waals surface area contributed by atoms with Gasteiger partial charge in [0.05, 0.1) is 13.2 Å². The number of esters is 1. The number of carbonyl (C=O) groups excluding carboxylic acids is 1. The number of hydrogen-bond donors (Lipinski definition) is 2. The highest BCUT2D eigenvalue weighted by molar-refractivity contribution is 5.82. The quantitative estimate of drug-likeness (QED) is 0.207. The first-order chi connectivity index (χ1) is 12.5. The van der Waals surface area contributed by atoms with Crippen LogP contribution in [0.1, 0.15) is 104 Å². The third-order valence-corrected chi connectivity index (χ3v) is 5.02. The van der Waals surface area contributed by atoms with E-state index in [-0.39, 0.29) is 0 Å². The summed E-state index contributed by atoms with van der Waals surface area (Å²) in [5.74, 6) is -0.808. The van der Waals surface area contributed by atoms with E-state index in [0.29, 0.717) is 6.42 Å². The number of ether oxygens (including phenoxy) is 1. The zero-order chi connectivity index (χ0) is 19.7. The third kappa shape index (κ3) is 11.0. The Morgan fingerprint density at radius 2 is 1.35 bits per heavy atom. The van der Waals surface area contributed by atoms with Gasteiger partial charge in [0.15, 0.2) is 0 Å². The molecule has 0 aromatic heterocycles. The highest BCUT2D eigenvalue weighted by atomic mass is 16.5. The third-order valence-electron chi connectivity index (χ3n) is 5.02. The molecule has 2 N–H and O–H groups in total. The molecule has 0 aromatic carbocycles. The Labute approximate surface area is 161 Å². The normalized spacial score (nSPS) is 15.1. The van der Waals surface area contributed by atoms with Crippen molar-refractivity contribution in [1.29, 1.82) is 0 Å². The molecule has 0 aliphatic heterocycles. The molecule has 0 aliphatic carbocycles. The minimum atomic E-state index is -1.93. The molecule has 2 atom stereocenters. The molecule has 0 rings (SSSR count). The molecule has 0 spiro atoms. The number of methoxy groups -OCH3 is 1. The number of unbranched alkanes of at least 4 members (excludes halogenated alkanes) is 12. The number of rotatable bonds is 17. The van der Waals surface area contributed by atoms with Gasteiger partial charge in [-0.1, -0.05) is 96.5 Å². The molecule has 154 valence electrons. The van der Waals surface area contributed by atoms with E-state index in [1.807, 2.05) is 0 Å². The molecule has 0 saturated carbocycles. The summed E-state index contributed by atoms with van der Waals surface area (Å²) in [5.41, 5.74) is -1.93. The summed E-state index contributed by atoms with van der Waals surface area (Å²) < 4.78 is 4.61. The maximum atomic E-state index is 11.7. The maximum Gasteiger partial charge on any atom is 0.344 e. The highest BCUT2D eigenvalue weighted by Crippen LogP contribution is 2.21. The largest absolute Gasteiger partial charge is 0.467 e. The van der Waals surface area contributed by atoms with Crippen molar-refractivity contribution in [2.24, 2.45) is 0 Å². The molecule has 4 heteroatoms. The lowest BCUT2D eigenvalue weighted by Gasteiger charge is -2.27. The van der Waals surface area contributed by atoms with Gasteiger partial charge >= 0.3 is 5.97 Å². The molecule has 0 aromatic rings. The van der Waals surface area contributed by atoms with E-state index >= 15 is 0 Å². The fraction of sp³-hybridized carbons (Fsp3) is 0.864. The molecule has 0 fully saturated rings. The van der Waals surface area contributed by atoms with Gasteiger partial charge in [-0.15, -0.1) is 0 Å². The van der Waals surface area contributed by atoms with Crippen molar-refractivity contribution in [2.45, 2.75) is 115 Å². The SMILES string of the molecule is C/C=C/[C@@](O)(C(=O)OC)[C@@H](O)CCCCCCCCCCCCCCC. The molecular formula is C22H42O4. The van der Waals surface area contributed by atoms with Crippen LogP contribution in [0, 0.1) is 0 Å². The average Bonchev–Trinajstić information content (AvgIpc) is 2.64. The lowest BCUT2D eigenvalue weighted by atomic mass is 9.91. The van der Waals surface area contributed by atoms with E-state index in [0.717, 1.165) is 19.3 Å². The second-order valence-electron chi connectivity index (χ2n) is 7.36. The van der Waals surface area contributed by atoms with E-state index in [1.165, 1.54) is 77.4 Å². The summed E-state index contributed by atoms with van der Waals surface area (Å²) in [6.45, 7) is 3.95. The van der Waals surface area contributed by atoms with Crippen molar-refractivity contribution in [3.63, 3.8) is 0 Å². The summed E-state index contributed by atoms with van der Waals surface area (Å²) in [6.07, 6.45) is 18.5. The van der Waals surface area contributed by atoms with Gasteiger partial charge in [0.2, 0.25) is 5.60 Å². The number of aliphatic hydroxyl groups is 2. The highest BCUT2D eigenvalue weighted by Gasteiger charge is 2.41. The summed E-state index contributed by atoms with van der Waals surface area (Å²) in [7, 11) is 1.22. The van der Waals surface area contributed by atoms with Crippen molar-refractivity contribution < 1.29 is 19.7 Å². The Balaban J connectivity index is 3.66. The lowest BCUT2D eigenvalue weighted by molar-refractivity contribution is -0.167. The molecular weight excluding hydrogens is 328 g/mol. The van der Waals surface area contributed by atoms with E-state index < -0.39 is 17.7 Å². The number of hydrogen-bond acceptors (Lipinski definition) is 4. The minimum Gasteiger partial charge on any atom is -0.467 e. The fourth-order valence-electron chi connectivity index (χ4n) is 3.31. The topological polar surface area (TPSA) is 66.8 Å². The Bertz CT molecular complexity index is 367. The van der Waals surface area contributed by atoms with Crippen molar-refractivity contribution >= 4 is 5.97 Å². The first-order valence-electron chi connectivity index (χ1n) is 10.7. The molecule has 0 heterocycles. The first-order valence-corrected chi connectivity index (χ1v) is 10.7. The van der Waals surface area contributed by atoms with E-state index in [2.05, 4.69) is 11.7 Å². The van der Waals surface area contributed by atoms with Gasteiger partial charge in [0, 0.05) is 0 Å². The predicted octanol–water partition coefficient (Wildman–Crippen LogP) is 5.31. The van der Waals surface area contributed by atoms with Crippen molar-refractivity contribution in [3.8, 4) is 0 Å². The van der Waals surface area contributed by atoms with Crippen molar-refractivity contribution in [1.82, 2.24) is 0 Å². The Hall–Kier alpha value is -0.870. The van der Waals surface area contributed by atoms with E-state index in [1.54, 1.807) is 13.0 Å². The molecule has 26 heavy (non-hydrogen) atoms. The summed E-state index contributed by atoms with van der Waals surface area (Å²) in [5, 5.41) is 20.5. The van der Waals surface area contributed by atoms with Crippen LogP contribution in [0.2, 0.25) is 0 Å². The smallest absolute Gasteiger partial charge is 0.344 e. The second kappa shape index (κ2) is 16.3. The number of aliphatic hydroxyl groups excluding tert-OH is 1.